The Morgan fingerprint density at radius 2 is 1.69 bits per heavy atom. The summed E-state index contributed by atoms with van der Waals surface area (Å²) in [7, 11) is 1.63. The average Bonchev–Trinajstić information content (AvgIpc) is 3.50. The number of carboxylic acids is 1. The molecule has 0 aliphatic heterocycles. The summed E-state index contributed by atoms with van der Waals surface area (Å²) in [6, 6.07) is 14.4. The van der Waals surface area contributed by atoms with E-state index in [1.807, 2.05) is 29.2 Å². The molecular formula is C20H22N2O4. The van der Waals surface area contributed by atoms with Crippen LogP contribution in [0.15, 0.2) is 48.5 Å². The third-order valence-electron chi connectivity index (χ3n) is 4.41. The summed E-state index contributed by atoms with van der Waals surface area (Å²) in [5.74, 6) is -0.166. The number of hydrogen-bond acceptors (Lipinski definition) is 3. The molecular weight excluding hydrogens is 332 g/mol. The predicted octanol–water partition coefficient (Wildman–Crippen LogP) is 3.27. The van der Waals surface area contributed by atoms with E-state index in [4.69, 9.17) is 9.84 Å². The SMILES string of the molecule is COc1ccc(CN(C(=O)NCc2ccc(C(=O)O)cc2)C2CC2)cc1. The fourth-order valence-corrected chi connectivity index (χ4v) is 2.72. The number of ether oxygens (including phenoxy) is 1. The molecule has 0 atom stereocenters. The normalized spacial score (nSPS) is 13.1. The molecule has 1 saturated carbocycles. The number of amides is 2. The number of rotatable bonds is 7. The van der Waals surface area contributed by atoms with Crippen LogP contribution in [0.2, 0.25) is 0 Å². The molecule has 0 aromatic heterocycles. The highest BCUT2D eigenvalue weighted by atomic mass is 16.5. The van der Waals surface area contributed by atoms with Crippen LogP contribution < -0.4 is 10.1 Å². The molecule has 26 heavy (non-hydrogen) atoms. The lowest BCUT2D eigenvalue weighted by Gasteiger charge is -2.23. The Morgan fingerprint density at radius 1 is 1.08 bits per heavy atom. The number of hydrogen-bond donors (Lipinski definition) is 2. The second-order valence-corrected chi connectivity index (χ2v) is 6.37. The Balaban J connectivity index is 1.59. The summed E-state index contributed by atoms with van der Waals surface area (Å²) in [6.45, 7) is 0.920. The maximum absolute atomic E-state index is 12.6. The fraction of sp³-hybridized carbons (Fsp3) is 0.300. The molecule has 3 rings (SSSR count). The topological polar surface area (TPSA) is 78.9 Å². The zero-order valence-corrected chi connectivity index (χ0v) is 14.6. The van der Waals surface area contributed by atoms with Crippen LogP contribution in [-0.2, 0) is 13.1 Å². The first-order valence-corrected chi connectivity index (χ1v) is 8.56. The summed E-state index contributed by atoms with van der Waals surface area (Å²) < 4.78 is 5.16. The van der Waals surface area contributed by atoms with E-state index >= 15 is 0 Å². The van der Waals surface area contributed by atoms with Gasteiger partial charge < -0.3 is 20.1 Å². The molecule has 1 aliphatic rings. The molecule has 0 radical (unpaired) electrons. The monoisotopic (exact) mass is 354 g/mol. The second kappa shape index (κ2) is 7.91. The molecule has 0 spiro atoms. The van der Waals surface area contributed by atoms with Crippen molar-refractivity contribution in [2.75, 3.05) is 7.11 Å². The highest BCUT2D eigenvalue weighted by molar-refractivity contribution is 5.87. The number of carboxylic acid groups (broad SMARTS) is 1. The Hall–Kier alpha value is -3.02. The van der Waals surface area contributed by atoms with Gasteiger partial charge in [0.05, 0.1) is 12.7 Å². The van der Waals surface area contributed by atoms with Gasteiger partial charge in [-0.3, -0.25) is 0 Å². The lowest BCUT2D eigenvalue weighted by atomic mass is 10.1. The van der Waals surface area contributed by atoms with E-state index in [0.29, 0.717) is 13.1 Å². The van der Waals surface area contributed by atoms with Gasteiger partial charge in [0.2, 0.25) is 0 Å². The van der Waals surface area contributed by atoms with E-state index in [1.54, 1.807) is 31.4 Å². The van der Waals surface area contributed by atoms with Crippen molar-refractivity contribution in [3.05, 3.63) is 65.2 Å². The van der Waals surface area contributed by atoms with Crippen molar-refractivity contribution in [3.8, 4) is 5.75 Å². The molecule has 6 nitrogen and oxygen atoms in total. The van der Waals surface area contributed by atoms with Gasteiger partial charge in [-0.2, -0.15) is 0 Å². The van der Waals surface area contributed by atoms with Crippen LogP contribution in [-0.4, -0.2) is 35.2 Å². The molecule has 0 heterocycles. The van der Waals surface area contributed by atoms with Crippen molar-refractivity contribution in [2.45, 2.75) is 32.0 Å². The number of nitrogens with one attached hydrogen (secondary N) is 1. The fourth-order valence-electron chi connectivity index (χ4n) is 2.72. The van der Waals surface area contributed by atoms with Crippen LogP contribution in [0.1, 0.15) is 34.3 Å². The van der Waals surface area contributed by atoms with Gasteiger partial charge in [0.15, 0.2) is 0 Å². The number of nitrogens with zero attached hydrogens (tertiary/aromatic N) is 1. The number of carbonyl (C=O) groups excluding carboxylic acids is 1. The summed E-state index contributed by atoms with van der Waals surface area (Å²) >= 11 is 0. The van der Waals surface area contributed by atoms with Crippen molar-refractivity contribution < 1.29 is 19.4 Å². The van der Waals surface area contributed by atoms with Crippen molar-refractivity contribution in [3.63, 3.8) is 0 Å². The molecule has 2 aromatic carbocycles. The zero-order chi connectivity index (χ0) is 18.5. The minimum absolute atomic E-state index is 0.106. The van der Waals surface area contributed by atoms with Crippen molar-refractivity contribution in [2.24, 2.45) is 0 Å². The van der Waals surface area contributed by atoms with Gasteiger partial charge in [0.25, 0.3) is 0 Å². The number of carbonyl (C=O) groups is 2. The van der Waals surface area contributed by atoms with Crippen LogP contribution >= 0.6 is 0 Å². The van der Waals surface area contributed by atoms with E-state index in [0.717, 1.165) is 29.7 Å². The van der Waals surface area contributed by atoms with Crippen molar-refractivity contribution in [1.82, 2.24) is 10.2 Å². The molecule has 136 valence electrons. The van der Waals surface area contributed by atoms with Gasteiger partial charge in [-0.25, -0.2) is 9.59 Å². The van der Waals surface area contributed by atoms with Gasteiger partial charge >= 0.3 is 12.0 Å². The molecule has 0 bridgehead atoms. The lowest BCUT2D eigenvalue weighted by Crippen LogP contribution is -2.40. The molecule has 6 heteroatoms. The van der Waals surface area contributed by atoms with Crippen LogP contribution in [0.5, 0.6) is 5.75 Å². The summed E-state index contributed by atoms with van der Waals surface area (Å²) in [5, 5.41) is 11.9. The van der Waals surface area contributed by atoms with Crippen LogP contribution in [0, 0.1) is 0 Å². The third-order valence-corrected chi connectivity index (χ3v) is 4.41. The van der Waals surface area contributed by atoms with Crippen molar-refractivity contribution >= 4 is 12.0 Å². The van der Waals surface area contributed by atoms with E-state index in [-0.39, 0.29) is 17.6 Å². The third kappa shape index (κ3) is 4.53. The van der Waals surface area contributed by atoms with E-state index in [9.17, 15) is 9.59 Å². The number of aromatic carboxylic acids is 1. The minimum Gasteiger partial charge on any atom is -0.497 e. The molecule has 2 aromatic rings. The van der Waals surface area contributed by atoms with Gasteiger partial charge in [0, 0.05) is 19.1 Å². The maximum Gasteiger partial charge on any atom is 0.335 e. The quantitative estimate of drug-likeness (QED) is 0.800. The van der Waals surface area contributed by atoms with E-state index in [2.05, 4.69) is 5.32 Å². The Morgan fingerprint density at radius 3 is 2.23 bits per heavy atom. The summed E-state index contributed by atoms with van der Waals surface area (Å²) in [4.78, 5) is 25.3. The first-order valence-electron chi connectivity index (χ1n) is 8.56. The second-order valence-electron chi connectivity index (χ2n) is 6.37. The summed E-state index contributed by atoms with van der Waals surface area (Å²) in [5.41, 5.74) is 2.15. The van der Waals surface area contributed by atoms with Crippen molar-refractivity contribution in [1.29, 1.82) is 0 Å². The first kappa shape index (κ1) is 17.8. The largest absolute Gasteiger partial charge is 0.497 e. The van der Waals surface area contributed by atoms with Crippen LogP contribution in [0.4, 0.5) is 4.79 Å². The van der Waals surface area contributed by atoms with E-state index in [1.165, 1.54) is 0 Å². The minimum atomic E-state index is -0.958. The molecule has 0 unspecified atom stereocenters. The van der Waals surface area contributed by atoms with E-state index < -0.39 is 5.97 Å². The van der Waals surface area contributed by atoms with Crippen LogP contribution in [0.3, 0.4) is 0 Å². The zero-order valence-electron chi connectivity index (χ0n) is 14.6. The maximum atomic E-state index is 12.6. The number of benzene rings is 2. The lowest BCUT2D eigenvalue weighted by molar-refractivity contribution is 0.0697. The standard InChI is InChI=1S/C20H22N2O4/c1-26-18-10-4-15(5-11-18)13-22(17-8-9-17)20(25)21-12-14-2-6-16(7-3-14)19(23)24/h2-7,10-11,17H,8-9,12-13H2,1H3,(H,21,25)(H,23,24). The Kier molecular flexibility index (Phi) is 5.41. The molecule has 1 fully saturated rings. The Bertz CT molecular complexity index is 767. The molecule has 2 N–H and O–H groups in total. The highest BCUT2D eigenvalue weighted by Crippen LogP contribution is 2.28. The average molecular weight is 354 g/mol. The smallest absolute Gasteiger partial charge is 0.335 e. The van der Waals surface area contributed by atoms with Gasteiger partial charge in [-0.05, 0) is 48.2 Å². The first-order chi connectivity index (χ1) is 12.6. The Labute approximate surface area is 152 Å². The van der Waals surface area contributed by atoms with Crippen LogP contribution in [0.25, 0.3) is 0 Å². The molecule has 2 amide bonds. The van der Waals surface area contributed by atoms with Gasteiger partial charge in [-0.1, -0.05) is 24.3 Å². The van der Waals surface area contributed by atoms with Gasteiger partial charge in [-0.15, -0.1) is 0 Å². The number of urea groups is 1. The predicted molar refractivity (Wildman–Crippen MR) is 97.2 cm³/mol. The number of methoxy groups -OCH3 is 1. The highest BCUT2D eigenvalue weighted by Gasteiger charge is 2.32. The van der Waals surface area contributed by atoms with Gasteiger partial charge in [0.1, 0.15) is 5.75 Å². The molecule has 0 saturated heterocycles. The summed E-state index contributed by atoms with van der Waals surface area (Å²) in [6.07, 6.45) is 2.05. The molecule has 1 aliphatic carbocycles.